The summed E-state index contributed by atoms with van der Waals surface area (Å²) in [6, 6.07) is 10.0. The number of fused-ring (bicyclic) bond motifs is 1. The van der Waals surface area contributed by atoms with Gasteiger partial charge in [-0.25, -0.2) is 22.9 Å². The number of nitrogens with zero attached hydrogens (tertiary/aromatic N) is 6. The van der Waals surface area contributed by atoms with E-state index in [0.29, 0.717) is 33.6 Å². The van der Waals surface area contributed by atoms with Gasteiger partial charge in [0.15, 0.2) is 5.15 Å². The number of rotatable bonds is 5. The van der Waals surface area contributed by atoms with Crippen molar-refractivity contribution in [2.75, 3.05) is 22.9 Å². The Morgan fingerprint density at radius 3 is 2.64 bits per heavy atom. The van der Waals surface area contributed by atoms with E-state index in [4.69, 9.17) is 16.9 Å². The number of hydrogen-bond donors (Lipinski definition) is 1. The number of carbonyl (C=O) groups is 1. The summed E-state index contributed by atoms with van der Waals surface area (Å²) in [6.07, 6.45) is 7.14. The highest BCUT2D eigenvalue weighted by atomic mass is 35.5. The van der Waals surface area contributed by atoms with Gasteiger partial charge in [0.25, 0.3) is 5.91 Å². The molecule has 1 amide bonds. The molecule has 10 nitrogen and oxygen atoms in total. The molecule has 0 aromatic carbocycles. The van der Waals surface area contributed by atoms with Crippen molar-refractivity contribution in [3.05, 3.63) is 71.4 Å². The molecule has 4 heterocycles. The number of nitrogens with one attached hydrogen (secondary N) is 1. The third-order valence-corrected chi connectivity index (χ3v) is 5.63. The van der Waals surface area contributed by atoms with Crippen LogP contribution in [-0.4, -0.2) is 47.2 Å². The van der Waals surface area contributed by atoms with Gasteiger partial charge in [-0.15, -0.1) is 0 Å². The van der Waals surface area contributed by atoms with Crippen LogP contribution in [0.1, 0.15) is 15.9 Å². The van der Waals surface area contributed by atoms with Gasteiger partial charge in [-0.3, -0.25) is 14.4 Å². The van der Waals surface area contributed by atoms with Crippen molar-refractivity contribution in [2.45, 2.75) is 0 Å². The molecule has 4 aromatic heterocycles. The maximum absolute atomic E-state index is 13.1. The molecule has 0 spiro atoms. The zero-order valence-corrected chi connectivity index (χ0v) is 19.0. The Kier molecular flexibility index (Phi) is 5.71. The van der Waals surface area contributed by atoms with Crippen molar-refractivity contribution in [3.63, 3.8) is 0 Å². The number of carbonyl (C=O) groups excluding carboxylic acids is 1. The molecule has 1 N–H and O–H groups in total. The second-order valence-corrected chi connectivity index (χ2v) is 9.23. The first-order chi connectivity index (χ1) is 15.7. The fourth-order valence-corrected chi connectivity index (χ4v) is 3.91. The lowest BCUT2D eigenvalue weighted by Crippen LogP contribution is -2.27. The third kappa shape index (κ3) is 4.62. The number of anilines is 2. The largest absolute Gasteiger partial charge is 0.296 e. The molecular weight excluding hydrogens is 466 g/mol. The molecule has 0 radical (unpaired) electrons. The van der Waals surface area contributed by atoms with Crippen molar-refractivity contribution in [3.8, 4) is 17.2 Å². The summed E-state index contributed by atoms with van der Waals surface area (Å²) < 4.78 is 27.2. The van der Waals surface area contributed by atoms with Crippen LogP contribution in [-0.2, 0) is 10.0 Å². The average molecular weight is 482 g/mol. The van der Waals surface area contributed by atoms with E-state index in [9.17, 15) is 13.2 Å². The number of halogens is 1. The van der Waals surface area contributed by atoms with Gasteiger partial charge in [0.05, 0.1) is 29.2 Å². The minimum absolute atomic E-state index is 0.00746. The molecule has 0 atom stereocenters. The molecule has 0 saturated carbocycles. The summed E-state index contributed by atoms with van der Waals surface area (Å²) >= 11 is 6.03. The maximum Gasteiger partial charge on any atom is 0.259 e. The lowest BCUT2D eigenvalue weighted by atomic mass is 10.1. The van der Waals surface area contributed by atoms with E-state index in [1.807, 2.05) is 6.07 Å². The van der Waals surface area contributed by atoms with Gasteiger partial charge in [0, 0.05) is 42.3 Å². The van der Waals surface area contributed by atoms with Crippen LogP contribution in [0.3, 0.4) is 0 Å². The van der Waals surface area contributed by atoms with Crippen LogP contribution in [0.25, 0.3) is 16.6 Å². The summed E-state index contributed by atoms with van der Waals surface area (Å²) in [5.41, 5.74) is 2.71. The first kappa shape index (κ1) is 22.2. The SMILES string of the molecule is CN(C(=O)c1ccn2ncc(-c3cnc(Cl)c(NS(C)(=O)=O)c3)c2c1)c1ccc(C#N)cn1. The van der Waals surface area contributed by atoms with E-state index >= 15 is 0 Å². The van der Waals surface area contributed by atoms with Crippen molar-refractivity contribution >= 4 is 44.6 Å². The predicted molar refractivity (Wildman–Crippen MR) is 124 cm³/mol. The second-order valence-electron chi connectivity index (χ2n) is 7.12. The average Bonchev–Trinajstić information content (AvgIpc) is 3.22. The Hall–Kier alpha value is -4.01. The summed E-state index contributed by atoms with van der Waals surface area (Å²) in [5, 5.41) is 13.2. The van der Waals surface area contributed by atoms with Gasteiger partial charge in [-0.05, 0) is 30.3 Å². The first-order valence-corrected chi connectivity index (χ1v) is 11.7. The Labute approximate surface area is 194 Å². The summed E-state index contributed by atoms with van der Waals surface area (Å²) in [7, 11) is -1.97. The van der Waals surface area contributed by atoms with E-state index in [1.54, 1.807) is 54.3 Å². The van der Waals surface area contributed by atoms with Crippen molar-refractivity contribution in [1.82, 2.24) is 19.6 Å². The van der Waals surface area contributed by atoms with Crippen molar-refractivity contribution in [1.29, 1.82) is 5.26 Å². The molecule has 33 heavy (non-hydrogen) atoms. The van der Waals surface area contributed by atoms with Crippen LogP contribution in [0.4, 0.5) is 11.5 Å². The molecular formula is C21H16ClN7O3S. The minimum Gasteiger partial charge on any atom is -0.296 e. The molecule has 0 aliphatic rings. The monoisotopic (exact) mass is 481 g/mol. The van der Waals surface area contributed by atoms with Gasteiger partial charge < -0.3 is 0 Å². The van der Waals surface area contributed by atoms with E-state index in [2.05, 4.69) is 19.8 Å². The number of aromatic nitrogens is 4. The third-order valence-electron chi connectivity index (χ3n) is 4.74. The predicted octanol–water partition coefficient (Wildman–Crippen LogP) is 2.96. The van der Waals surface area contributed by atoms with Gasteiger partial charge in [-0.2, -0.15) is 10.4 Å². The van der Waals surface area contributed by atoms with Gasteiger partial charge in [-0.1, -0.05) is 11.6 Å². The Bertz CT molecular complexity index is 1530. The van der Waals surface area contributed by atoms with Gasteiger partial charge in [0.1, 0.15) is 11.9 Å². The van der Waals surface area contributed by atoms with Crippen LogP contribution >= 0.6 is 11.6 Å². The highest BCUT2D eigenvalue weighted by molar-refractivity contribution is 7.92. The van der Waals surface area contributed by atoms with E-state index in [-0.39, 0.29) is 16.7 Å². The fourth-order valence-electron chi connectivity index (χ4n) is 3.15. The Morgan fingerprint density at radius 1 is 1.18 bits per heavy atom. The van der Waals surface area contributed by atoms with Crippen molar-refractivity contribution < 1.29 is 13.2 Å². The minimum atomic E-state index is -3.56. The summed E-state index contributed by atoms with van der Waals surface area (Å²) in [5.74, 6) is 0.0847. The lowest BCUT2D eigenvalue weighted by molar-refractivity contribution is 0.0992. The molecule has 4 aromatic rings. The molecule has 0 bridgehead atoms. The van der Waals surface area contributed by atoms with Gasteiger partial charge in [0.2, 0.25) is 10.0 Å². The Balaban J connectivity index is 1.71. The lowest BCUT2D eigenvalue weighted by Gasteiger charge is -2.16. The normalized spacial score (nSPS) is 11.2. The molecule has 12 heteroatoms. The van der Waals surface area contributed by atoms with Crippen LogP contribution in [0, 0.1) is 11.3 Å². The molecule has 0 fully saturated rings. The number of pyridine rings is 3. The number of amides is 1. The first-order valence-electron chi connectivity index (χ1n) is 9.41. The molecule has 166 valence electrons. The highest BCUT2D eigenvalue weighted by Crippen LogP contribution is 2.30. The number of hydrogen-bond acceptors (Lipinski definition) is 7. The zero-order chi connectivity index (χ0) is 23.8. The van der Waals surface area contributed by atoms with E-state index in [0.717, 1.165) is 6.26 Å². The fraction of sp³-hybridized carbons (Fsp3) is 0.0952. The Morgan fingerprint density at radius 2 is 1.97 bits per heavy atom. The number of nitriles is 1. The number of sulfonamides is 1. The standard InChI is InChI=1S/C21H16ClN7O3S/c1-28(19-4-3-13(9-23)10-24-19)21(30)14-5-6-29-18(8-14)16(12-26-29)15-7-17(20(22)25-11-15)27-33(2,31)32/h3-8,10-12,27H,1-2H3. The van der Waals surface area contributed by atoms with Crippen molar-refractivity contribution in [2.24, 2.45) is 0 Å². The van der Waals surface area contributed by atoms with Crippen LogP contribution in [0.2, 0.25) is 5.15 Å². The molecule has 0 aliphatic carbocycles. The zero-order valence-electron chi connectivity index (χ0n) is 17.4. The molecule has 0 saturated heterocycles. The summed E-state index contributed by atoms with van der Waals surface area (Å²) in [4.78, 5) is 22.6. The van der Waals surface area contributed by atoms with E-state index < -0.39 is 10.0 Å². The highest BCUT2D eigenvalue weighted by Gasteiger charge is 2.18. The topological polar surface area (TPSA) is 133 Å². The second kappa shape index (κ2) is 8.50. The van der Waals surface area contributed by atoms with Crippen LogP contribution in [0.5, 0.6) is 0 Å². The van der Waals surface area contributed by atoms with Gasteiger partial charge >= 0.3 is 0 Å². The van der Waals surface area contributed by atoms with E-state index in [1.165, 1.54) is 17.3 Å². The maximum atomic E-state index is 13.1. The van der Waals surface area contributed by atoms with Crippen LogP contribution in [0.15, 0.2) is 55.1 Å². The smallest absolute Gasteiger partial charge is 0.259 e. The summed E-state index contributed by atoms with van der Waals surface area (Å²) in [6.45, 7) is 0. The molecule has 0 unspecified atom stereocenters. The quantitative estimate of drug-likeness (QED) is 0.433. The molecule has 0 aliphatic heterocycles. The molecule has 4 rings (SSSR count). The van der Waals surface area contributed by atoms with Crippen LogP contribution < -0.4 is 9.62 Å².